The van der Waals surface area contributed by atoms with Gasteiger partial charge >= 0.3 is 0 Å². The zero-order chi connectivity index (χ0) is 15.8. The molecule has 0 bridgehead atoms. The molecule has 1 fully saturated rings. The van der Waals surface area contributed by atoms with Gasteiger partial charge in [-0.15, -0.1) is 0 Å². The van der Waals surface area contributed by atoms with E-state index in [1.807, 2.05) is 11.6 Å². The number of aryl methyl sites for hydroxylation is 2. The van der Waals surface area contributed by atoms with Crippen molar-refractivity contribution in [1.82, 2.24) is 9.78 Å². The van der Waals surface area contributed by atoms with Crippen LogP contribution in [0.2, 0.25) is 5.02 Å². The minimum Gasteiger partial charge on any atom is -0.299 e. The van der Waals surface area contributed by atoms with E-state index in [1.54, 1.807) is 0 Å². The monoisotopic (exact) mass is 310 g/mol. The Bertz CT molecular complexity index is 528. The highest BCUT2D eigenvalue weighted by molar-refractivity contribution is 6.31. The molecule has 0 aliphatic heterocycles. The quantitative estimate of drug-likeness (QED) is 0.827. The number of Topliss-reactive ketones (excluding diaryl/α,β-unsaturated/α-hetero) is 1. The summed E-state index contributed by atoms with van der Waals surface area (Å²) in [4.78, 5) is 12.3. The van der Waals surface area contributed by atoms with Crippen molar-refractivity contribution < 1.29 is 4.79 Å². The molecule has 2 unspecified atom stereocenters. The Balaban J connectivity index is 2.19. The predicted octanol–water partition coefficient (Wildman–Crippen LogP) is 4.44. The zero-order valence-corrected chi connectivity index (χ0v) is 14.6. The van der Waals surface area contributed by atoms with E-state index in [4.69, 9.17) is 11.6 Å². The minimum absolute atomic E-state index is 0.0990. The summed E-state index contributed by atoms with van der Waals surface area (Å²) in [6.45, 7) is 11.6. The number of hydrogen-bond acceptors (Lipinski definition) is 2. The third-order valence-corrected chi connectivity index (χ3v) is 5.37. The average molecular weight is 311 g/mol. The number of nitrogens with zero attached hydrogens (tertiary/aromatic N) is 2. The first-order valence-electron chi connectivity index (χ1n) is 7.98. The van der Waals surface area contributed by atoms with E-state index in [2.05, 4.69) is 32.8 Å². The van der Waals surface area contributed by atoms with Gasteiger partial charge < -0.3 is 0 Å². The number of rotatable bonds is 3. The summed E-state index contributed by atoms with van der Waals surface area (Å²) in [6, 6.07) is 0. The van der Waals surface area contributed by atoms with E-state index in [-0.39, 0.29) is 11.3 Å². The van der Waals surface area contributed by atoms with Crippen LogP contribution in [-0.4, -0.2) is 15.6 Å². The molecular weight excluding hydrogens is 284 g/mol. The number of halogens is 1. The fraction of sp³-hybridized carbons (Fsp3) is 0.765. The molecule has 1 aromatic rings. The lowest BCUT2D eigenvalue weighted by Crippen LogP contribution is -2.33. The van der Waals surface area contributed by atoms with E-state index in [9.17, 15) is 4.79 Å². The smallest absolute Gasteiger partial charge is 0.136 e. The van der Waals surface area contributed by atoms with Crippen molar-refractivity contribution >= 4 is 17.4 Å². The first-order chi connectivity index (χ1) is 9.74. The molecule has 1 aliphatic carbocycles. The molecule has 0 spiro atoms. The number of aromatic nitrogens is 2. The first kappa shape index (κ1) is 16.5. The fourth-order valence-electron chi connectivity index (χ4n) is 3.39. The molecule has 2 atom stereocenters. The second kappa shape index (κ2) is 6.12. The van der Waals surface area contributed by atoms with Gasteiger partial charge in [-0.2, -0.15) is 5.10 Å². The maximum Gasteiger partial charge on any atom is 0.136 e. The minimum atomic E-state index is 0.0990. The lowest BCUT2D eigenvalue weighted by Gasteiger charge is -2.37. The summed E-state index contributed by atoms with van der Waals surface area (Å²) < 4.78 is 1.95. The van der Waals surface area contributed by atoms with Gasteiger partial charge in [0.2, 0.25) is 0 Å². The molecule has 21 heavy (non-hydrogen) atoms. The Morgan fingerprint density at radius 2 is 2.05 bits per heavy atom. The summed E-state index contributed by atoms with van der Waals surface area (Å²) >= 11 is 6.39. The normalized spacial score (nSPS) is 23.6. The topological polar surface area (TPSA) is 34.9 Å². The molecule has 118 valence electrons. The number of carbonyl (C=O) groups excluding carboxylic acids is 1. The molecule has 1 heterocycles. The van der Waals surface area contributed by atoms with Crippen molar-refractivity contribution in [3.8, 4) is 0 Å². The van der Waals surface area contributed by atoms with Crippen molar-refractivity contribution in [2.75, 3.05) is 0 Å². The molecular formula is C17H27ClN2O. The lowest BCUT2D eigenvalue weighted by atomic mass is 9.68. The Morgan fingerprint density at radius 1 is 1.38 bits per heavy atom. The highest BCUT2D eigenvalue weighted by atomic mass is 35.5. The second-order valence-corrected chi connectivity index (χ2v) is 7.74. The molecule has 0 N–H and O–H groups in total. The summed E-state index contributed by atoms with van der Waals surface area (Å²) in [5, 5.41) is 5.20. The van der Waals surface area contributed by atoms with Crippen molar-refractivity contribution in [2.45, 2.75) is 66.8 Å². The van der Waals surface area contributed by atoms with E-state index in [0.717, 1.165) is 42.2 Å². The van der Waals surface area contributed by atoms with Crippen LogP contribution < -0.4 is 0 Å². The molecule has 0 saturated heterocycles. The highest BCUT2D eigenvalue weighted by Crippen LogP contribution is 2.40. The van der Waals surface area contributed by atoms with Gasteiger partial charge in [0.05, 0.1) is 16.4 Å². The molecule has 0 aromatic carbocycles. The lowest BCUT2D eigenvalue weighted by molar-refractivity contribution is -0.126. The maximum absolute atomic E-state index is 12.3. The van der Waals surface area contributed by atoms with Crippen LogP contribution >= 0.6 is 11.6 Å². The molecule has 2 rings (SSSR count). The third kappa shape index (κ3) is 3.50. The fourth-order valence-corrected chi connectivity index (χ4v) is 3.61. The van der Waals surface area contributed by atoms with Gasteiger partial charge in [-0.05, 0) is 38.0 Å². The number of hydrogen-bond donors (Lipinski definition) is 0. The molecule has 1 aliphatic rings. The van der Waals surface area contributed by atoms with Crippen LogP contribution in [0, 0.1) is 24.2 Å². The van der Waals surface area contributed by atoms with Crippen LogP contribution in [0.4, 0.5) is 0 Å². The molecule has 0 amide bonds. The Labute approximate surface area is 133 Å². The van der Waals surface area contributed by atoms with Crippen LogP contribution in [0.3, 0.4) is 0 Å². The van der Waals surface area contributed by atoms with Crippen LogP contribution in [-0.2, 0) is 17.8 Å². The summed E-state index contributed by atoms with van der Waals surface area (Å²) in [6.07, 6.45) is 3.45. The number of ketones is 1. The maximum atomic E-state index is 12.3. The Hall–Kier alpha value is -0.830. The summed E-state index contributed by atoms with van der Waals surface area (Å²) in [5.74, 6) is 1.10. The van der Waals surface area contributed by atoms with Crippen LogP contribution in [0.5, 0.6) is 0 Å². The third-order valence-electron chi connectivity index (χ3n) is 4.88. The zero-order valence-electron chi connectivity index (χ0n) is 13.9. The average Bonchev–Trinajstić information content (AvgIpc) is 2.67. The highest BCUT2D eigenvalue weighted by Gasteiger charge is 2.35. The van der Waals surface area contributed by atoms with Gasteiger partial charge in [-0.1, -0.05) is 32.4 Å². The second-order valence-electron chi connectivity index (χ2n) is 7.37. The van der Waals surface area contributed by atoms with Crippen LogP contribution in [0.15, 0.2) is 0 Å². The van der Waals surface area contributed by atoms with E-state index in [0.29, 0.717) is 18.1 Å². The first-order valence-corrected chi connectivity index (χ1v) is 8.36. The molecule has 0 radical (unpaired) electrons. The number of carbonyl (C=O) groups is 1. The van der Waals surface area contributed by atoms with Crippen molar-refractivity contribution in [1.29, 1.82) is 0 Å². The standard InChI is InChI=1S/C17H27ClN2O/c1-6-20-14(16(18)11(2)19-20)10-12-9-13(17(3,4)5)7-8-15(12)21/h12-13H,6-10H2,1-5H3. The predicted molar refractivity (Wildman–Crippen MR) is 86.6 cm³/mol. The van der Waals surface area contributed by atoms with Crippen molar-refractivity contribution in [3.63, 3.8) is 0 Å². The van der Waals surface area contributed by atoms with E-state index < -0.39 is 0 Å². The van der Waals surface area contributed by atoms with Crippen molar-refractivity contribution in [3.05, 3.63) is 16.4 Å². The van der Waals surface area contributed by atoms with Crippen molar-refractivity contribution in [2.24, 2.45) is 17.3 Å². The van der Waals surface area contributed by atoms with E-state index >= 15 is 0 Å². The van der Waals surface area contributed by atoms with Gasteiger partial charge in [-0.25, -0.2) is 0 Å². The molecule has 4 heteroatoms. The van der Waals surface area contributed by atoms with Gasteiger partial charge in [-0.3, -0.25) is 9.48 Å². The van der Waals surface area contributed by atoms with Crippen LogP contribution in [0.1, 0.15) is 58.3 Å². The summed E-state index contributed by atoms with van der Waals surface area (Å²) in [5.41, 5.74) is 2.16. The Kier molecular flexibility index (Phi) is 4.82. The Morgan fingerprint density at radius 3 is 2.62 bits per heavy atom. The summed E-state index contributed by atoms with van der Waals surface area (Å²) in [7, 11) is 0. The molecule has 3 nitrogen and oxygen atoms in total. The van der Waals surface area contributed by atoms with Gasteiger partial charge in [0.25, 0.3) is 0 Å². The molecule has 1 aromatic heterocycles. The SMILES string of the molecule is CCn1nc(C)c(Cl)c1CC1CC(C(C)(C)C)CCC1=O. The van der Waals surface area contributed by atoms with Gasteiger partial charge in [0.15, 0.2) is 0 Å². The van der Waals surface area contributed by atoms with Gasteiger partial charge in [0, 0.05) is 25.3 Å². The largest absolute Gasteiger partial charge is 0.299 e. The van der Waals surface area contributed by atoms with Crippen LogP contribution in [0.25, 0.3) is 0 Å². The molecule has 1 saturated carbocycles. The van der Waals surface area contributed by atoms with Gasteiger partial charge in [0.1, 0.15) is 5.78 Å². The van der Waals surface area contributed by atoms with E-state index in [1.165, 1.54) is 0 Å².